The normalized spacial score (nSPS) is 21.5. The first-order chi connectivity index (χ1) is 9.81. The number of phenolic OH excluding ortho intramolecular Hbond substituents is 1. The molecule has 1 unspecified atom stereocenters. The van der Waals surface area contributed by atoms with Crippen LogP contribution in [-0.2, 0) is 19.5 Å². The van der Waals surface area contributed by atoms with Crippen molar-refractivity contribution in [1.82, 2.24) is 4.90 Å². The maximum Gasteiger partial charge on any atom is 0.115 e. The van der Waals surface area contributed by atoms with Gasteiger partial charge in [-0.05, 0) is 53.6 Å². The molecule has 0 fully saturated rings. The molecule has 1 heterocycles. The number of rotatable bonds is 1. The second-order valence-corrected chi connectivity index (χ2v) is 5.96. The van der Waals surface area contributed by atoms with Crippen molar-refractivity contribution in [1.29, 1.82) is 0 Å². The summed E-state index contributed by atoms with van der Waals surface area (Å²) in [6.45, 7) is 2.11. The van der Waals surface area contributed by atoms with Crippen LogP contribution < -0.4 is 0 Å². The fourth-order valence-electron chi connectivity index (χ4n) is 3.73. The molecular weight excluding hydrogens is 246 g/mol. The SMILES string of the molecule is Oc1ccc2c(c1)CCCC2N1Cc2ccccc2C1. The molecule has 102 valence electrons. The van der Waals surface area contributed by atoms with Gasteiger partial charge in [0.15, 0.2) is 0 Å². The number of hydrogen-bond donors (Lipinski definition) is 1. The van der Waals surface area contributed by atoms with E-state index < -0.39 is 0 Å². The lowest BCUT2D eigenvalue weighted by molar-refractivity contribution is 0.180. The van der Waals surface area contributed by atoms with Gasteiger partial charge < -0.3 is 5.11 Å². The molecule has 2 heteroatoms. The molecule has 2 aromatic carbocycles. The topological polar surface area (TPSA) is 23.5 Å². The van der Waals surface area contributed by atoms with Gasteiger partial charge in [-0.3, -0.25) is 4.90 Å². The molecule has 4 rings (SSSR count). The zero-order valence-electron chi connectivity index (χ0n) is 11.5. The van der Waals surface area contributed by atoms with Gasteiger partial charge in [0.2, 0.25) is 0 Å². The summed E-state index contributed by atoms with van der Waals surface area (Å²) in [7, 11) is 0. The molecule has 2 aliphatic rings. The maximum absolute atomic E-state index is 9.67. The highest BCUT2D eigenvalue weighted by molar-refractivity contribution is 5.39. The molecule has 0 aromatic heterocycles. The summed E-state index contributed by atoms with van der Waals surface area (Å²) in [5, 5.41) is 9.67. The maximum atomic E-state index is 9.67. The van der Waals surface area contributed by atoms with Crippen LogP contribution in [0.3, 0.4) is 0 Å². The predicted molar refractivity (Wildman–Crippen MR) is 79.5 cm³/mol. The zero-order valence-corrected chi connectivity index (χ0v) is 11.5. The number of aromatic hydroxyl groups is 1. The van der Waals surface area contributed by atoms with Crippen molar-refractivity contribution in [2.45, 2.75) is 38.4 Å². The Bertz CT molecular complexity index is 625. The molecule has 1 aliphatic carbocycles. The van der Waals surface area contributed by atoms with E-state index in [4.69, 9.17) is 0 Å². The number of phenols is 1. The van der Waals surface area contributed by atoms with E-state index in [0.29, 0.717) is 11.8 Å². The first kappa shape index (κ1) is 12.0. The van der Waals surface area contributed by atoms with Crippen LogP contribution in [0.5, 0.6) is 5.75 Å². The molecule has 0 spiro atoms. The second kappa shape index (κ2) is 4.64. The number of nitrogens with zero attached hydrogens (tertiary/aromatic N) is 1. The van der Waals surface area contributed by atoms with Crippen molar-refractivity contribution in [3.63, 3.8) is 0 Å². The van der Waals surface area contributed by atoms with E-state index in [0.717, 1.165) is 19.5 Å². The average molecular weight is 265 g/mol. The fourth-order valence-corrected chi connectivity index (χ4v) is 3.73. The summed E-state index contributed by atoms with van der Waals surface area (Å²) in [5.74, 6) is 0.397. The van der Waals surface area contributed by atoms with Crippen molar-refractivity contribution in [2.24, 2.45) is 0 Å². The summed E-state index contributed by atoms with van der Waals surface area (Å²) >= 11 is 0. The summed E-state index contributed by atoms with van der Waals surface area (Å²) in [5.41, 5.74) is 5.69. The first-order valence-corrected chi connectivity index (χ1v) is 7.44. The summed E-state index contributed by atoms with van der Waals surface area (Å²) in [6.07, 6.45) is 3.54. The molecular formula is C18H19NO. The quantitative estimate of drug-likeness (QED) is 0.848. The van der Waals surface area contributed by atoms with Crippen LogP contribution in [0.2, 0.25) is 0 Å². The molecule has 2 nitrogen and oxygen atoms in total. The van der Waals surface area contributed by atoms with E-state index in [2.05, 4.69) is 35.2 Å². The largest absolute Gasteiger partial charge is 0.508 e. The van der Waals surface area contributed by atoms with E-state index in [9.17, 15) is 5.11 Å². The highest BCUT2D eigenvalue weighted by Gasteiger charge is 2.29. The van der Waals surface area contributed by atoms with Crippen molar-refractivity contribution in [3.05, 3.63) is 64.7 Å². The third-order valence-corrected chi connectivity index (χ3v) is 4.72. The van der Waals surface area contributed by atoms with Gasteiger partial charge in [0.1, 0.15) is 5.75 Å². The lowest BCUT2D eigenvalue weighted by Gasteiger charge is -2.33. The number of hydrogen-bond acceptors (Lipinski definition) is 2. The second-order valence-electron chi connectivity index (χ2n) is 5.96. The van der Waals surface area contributed by atoms with Gasteiger partial charge in [0.25, 0.3) is 0 Å². The van der Waals surface area contributed by atoms with Crippen molar-refractivity contribution < 1.29 is 5.11 Å². The standard InChI is InChI=1S/C18H19NO/c20-16-8-9-17-13(10-16)6-3-7-18(17)19-11-14-4-1-2-5-15(14)12-19/h1-2,4-5,8-10,18,20H,3,6-7,11-12H2. The number of aryl methyl sites for hydroxylation is 1. The van der Waals surface area contributed by atoms with Crippen LogP contribution in [-0.4, -0.2) is 10.0 Å². The van der Waals surface area contributed by atoms with Crippen LogP contribution in [0.4, 0.5) is 0 Å². The molecule has 0 radical (unpaired) electrons. The molecule has 0 saturated heterocycles. The minimum atomic E-state index is 0.397. The molecule has 0 amide bonds. The van der Waals surface area contributed by atoms with Gasteiger partial charge in [-0.25, -0.2) is 0 Å². The average Bonchev–Trinajstić information content (AvgIpc) is 2.90. The van der Waals surface area contributed by atoms with Crippen LogP contribution in [0, 0.1) is 0 Å². The van der Waals surface area contributed by atoms with Crippen LogP contribution in [0.15, 0.2) is 42.5 Å². The van der Waals surface area contributed by atoms with E-state index in [1.807, 2.05) is 12.1 Å². The summed E-state index contributed by atoms with van der Waals surface area (Å²) in [6, 6.07) is 15.2. The van der Waals surface area contributed by atoms with Gasteiger partial charge in [0.05, 0.1) is 0 Å². The van der Waals surface area contributed by atoms with Crippen molar-refractivity contribution >= 4 is 0 Å². The van der Waals surface area contributed by atoms with Gasteiger partial charge in [-0.2, -0.15) is 0 Å². The Morgan fingerprint density at radius 1 is 0.950 bits per heavy atom. The summed E-state index contributed by atoms with van der Waals surface area (Å²) < 4.78 is 0. The lowest BCUT2D eigenvalue weighted by atomic mass is 9.86. The minimum absolute atomic E-state index is 0.397. The van der Waals surface area contributed by atoms with Crippen molar-refractivity contribution in [2.75, 3.05) is 0 Å². The van der Waals surface area contributed by atoms with E-state index in [-0.39, 0.29) is 0 Å². The van der Waals surface area contributed by atoms with E-state index >= 15 is 0 Å². The Labute approximate surface area is 119 Å². The minimum Gasteiger partial charge on any atom is -0.508 e. The Kier molecular flexibility index (Phi) is 2.78. The number of benzene rings is 2. The third kappa shape index (κ3) is 1.92. The highest BCUT2D eigenvalue weighted by atomic mass is 16.3. The van der Waals surface area contributed by atoms with Crippen LogP contribution in [0.1, 0.15) is 41.1 Å². The van der Waals surface area contributed by atoms with E-state index in [1.165, 1.54) is 35.1 Å². The third-order valence-electron chi connectivity index (χ3n) is 4.72. The molecule has 20 heavy (non-hydrogen) atoms. The van der Waals surface area contributed by atoms with Gasteiger partial charge in [-0.1, -0.05) is 30.3 Å². The lowest BCUT2D eigenvalue weighted by Crippen LogP contribution is -2.26. The molecule has 0 saturated carbocycles. The highest BCUT2D eigenvalue weighted by Crippen LogP contribution is 2.39. The zero-order chi connectivity index (χ0) is 13.5. The van der Waals surface area contributed by atoms with Gasteiger partial charge >= 0.3 is 0 Å². The monoisotopic (exact) mass is 265 g/mol. The molecule has 2 aromatic rings. The molecule has 1 atom stereocenters. The Morgan fingerprint density at radius 3 is 2.45 bits per heavy atom. The number of fused-ring (bicyclic) bond motifs is 2. The van der Waals surface area contributed by atoms with Gasteiger partial charge in [-0.15, -0.1) is 0 Å². The molecule has 0 bridgehead atoms. The van der Waals surface area contributed by atoms with E-state index in [1.54, 1.807) is 0 Å². The predicted octanol–water partition coefficient (Wildman–Crippen LogP) is 3.79. The fraction of sp³-hybridized carbons (Fsp3) is 0.333. The Balaban J connectivity index is 1.66. The smallest absolute Gasteiger partial charge is 0.115 e. The summed E-state index contributed by atoms with van der Waals surface area (Å²) in [4.78, 5) is 2.58. The molecule has 1 N–H and O–H groups in total. The Morgan fingerprint density at radius 2 is 1.70 bits per heavy atom. The van der Waals surface area contributed by atoms with Crippen LogP contribution >= 0.6 is 0 Å². The first-order valence-electron chi connectivity index (χ1n) is 7.44. The van der Waals surface area contributed by atoms with Gasteiger partial charge in [0, 0.05) is 19.1 Å². The van der Waals surface area contributed by atoms with Crippen molar-refractivity contribution in [3.8, 4) is 5.75 Å². The Hall–Kier alpha value is -1.80. The molecule has 1 aliphatic heterocycles. The van der Waals surface area contributed by atoms with Crippen LogP contribution in [0.25, 0.3) is 0 Å².